The van der Waals surface area contributed by atoms with Crippen LogP contribution < -0.4 is 10.6 Å². The lowest BCUT2D eigenvalue weighted by Crippen LogP contribution is -2.05. The first-order valence-electron chi connectivity index (χ1n) is 5.09. The Hall–Kier alpha value is -0.970. The fraction of sp³-hybridized carbons (Fsp3) is 0.600. The number of hydrogen-bond acceptors (Lipinski definition) is 5. The van der Waals surface area contributed by atoms with E-state index in [1.165, 1.54) is 18.6 Å². The molecular formula is C10H18N4S. The van der Waals surface area contributed by atoms with Crippen LogP contribution in [-0.4, -0.2) is 35.6 Å². The minimum absolute atomic E-state index is 0.795. The summed E-state index contributed by atoms with van der Waals surface area (Å²) in [6, 6.07) is 0. The van der Waals surface area contributed by atoms with Crippen molar-refractivity contribution in [3.05, 3.63) is 12.4 Å². The molecule has 0 bridgehead atoms. The van der Waals surface area contributed by atoms with Crippen molar-refractivity contribution < 1.29 is 0 Å². The van der Waals surface area contributed by atoms with Crippen molar-refractivity contribution in [2.24, 2.45) is 0 Å². The van der Waals surface area contributed by atoms with E-state index in [1.807, 2.05) is 18.8 Å². The molecule has 0 saturated heterocycles. The molecule has 2 N–H and O–H groups in total. The summed E-state index contributed by atoms with van der Waals surface area (Å²) in [5.74, 6) is 2.86. The predicted molar refractivity (Wildman–Crippen MR) is 67.7 cm³/mol. The van der Waals surface area contributed by atoms with E-state index in [0.29, 0.717) is 0 Å². The first-order valence-corrected chi connectivity index (χ1v) is 6.49. The molecule has 1 rings (SSSR count). The van der Waals surface area contributed by atoms with Crippen LogP contribution >= 0.6 is 11.8 Å². The molecule has 0 radical (unpaired) electrons. The topological polar surface area (TPSA) is 49.8 Å². The number of anilines is 2. The Morgan fingerprint density at radius 2 is 2.07 bits per heavy atom. The van der Waals surface area contributed by atoms with E-state index in [-0.39, 0.29) is 0 Å². The molecule has 1 aromatic heterocycles. The highest BCUT2D eigenvalue weighted by atomic mass is 32.2. The van der Waals surface area contributed by atoms with E-state index in [4.69, 9.17) is 0 Å². The third kappa shape index (κ3) is 4.88. The fourth-order valence-corrected chi connectivity index (χ4v) is 1.65. The lowest BCUT2D eigenvalue weighted by molar-refractivity contribution is 0.839. The maximum atomic E-state index is 4.32. The van der Waals surface area contributed by atoms with Gasteiger partial charge in [0.05, 0.1) is 12.4 Å². The fourth-order valence-electron chi connectivity index (χ4n) is 1.16. The molecule has 0 aliphatic carbocycles. The largest absolute Gasteiger partial charge is 0.372 e. The summed E-state index contributed by atoms with van der Waals surface area (Å²) >= 11 is 1.89. The maximum Gasteiger partial charge on any atom is 0.146 e. The van der Waals surface area contributed by atoms with Gasteiger partial charge in [-0.3, -0.25) is 4.98 Å². The molecule has 15 heavy (non-hydrogen) atoms. The molecule has 0 aliphatic heterocycles. The van der Waals surface area contributed by atoms with Gasteiger partial charge < -0.3 is 10.6 Å². The standard InChI is InChI=1S/C10H18N4S/c1-11-9-7-12-8-10(14-9)13-5-3-4-6-15-2/h7-8H,3-6H2,1-2H3,(H2,11,13,14). The lowest BCUT2D eigenvalue weighted by Gasteiger charge is -2.06. The predicted octanol–water partition coefficient (Wildman–Crippen LogP) is 2.07. The van der Waals surface area contributed by atoms with E-state index in [2.05, 4.69) is 26.9 Å². The zero-order valence-corrected chi connectivity index (χ0v) is 10.1. The number of nitrogens with zero attached hydrogens (tertiary/aromatic N) is 2. The van der Waals surface area contributed by atoms with Gasteiger partial charge in [-0.05, 0) is 24.9 Å². The molecule has 0 fully saturated rings. The van der Waals surface area contributed by atoms with E-state index < -0.39 is 0 Å². The van der Waals surface area contributed by atoms with Gasteiger partial charge in [0, 0.05) is 13.6 Å². The molecule has 5 heteroatoms. The molecule has 1 heterocycles. The molecule has 0 atom stereocenters. The van der Waals surface area contributed by atoms with Crippen molar-refractivity contribution in [1.29, 1.82) is 0 Å². The molecule has 0 aliphatic rings. The molecule has 84 valence electrons. The van der Waals surface area contributed by atoms with Crippen molar-refractivity contribution in [2.75, 3.05) is 36.2 Å². The number of hydrogen-bond donors (Lipinski definition) is 2. The summed E-state index contributed by atoms with van der Waals surface area (Å²) in [6.07, 6.45) is 8.00. The van der Waals surface area contributed by atoms with Gasteiger partial charge in [0.15, 0.2) is 0 Å². The van der Waals surface area contributed by atoms with E-state index >= 15 is 0 Å². The minimum atomic E-state index is 0.795. The van der Waals surface area contributed by atoms with E-state index in [9.17, 15) is 0 Å². The highest BCUT2D eigenvalue weighted by Gasteiger charge is 1.95. The van der Waals surface area contributed by atoms with Crippen LogP contribution in [0, 0.1) is 0 Å². The van der Waals surface area contributed by atoms with E-state index in [1.54, 1.807) is 12.4 Å². The molecule has 4 nitrogen and oxygen atoms in total. The van der Waals surface area contributed by atoms with Crippen molar-refractivity contribution in [2.45, 2.75) is 12.8 Å². The highest BCUT2D eigenvalue weighted by Crippen LogP contribution is 2.06. The first kappa shape index (κ1) is 12.1. The number of aromatic nitrogens is 2. The smallest absolute Gasteiger partial charge is 0.146 e. The average Bonchev–Trinajstić information content (AvgIpc) is 2.29. The van der Waals surface area contributed by atoms with Crippen molar-refractivity contribution >= 4 is 23.4 Å². The SMILES string of the molecule is CNc1cncc(NCCCCSC)n1. The Morgan fingerprint density at radius 1 is 1.27 bits per heavy atom. The third-order valence-corrected chi connectivity index (χ3v) is 2.67. The summed E-state index contributed by atoms with van der Waals surface area (Å²) in [6.45, 7) is 0.961. The van der Waals surface area contributed by atoms with Gasteiger partial charge in [0.2, 0.25) is 0 Å². The van der Waals surface area contributed by atoms with Crippen molar-refractivity contribution in [3.8, 4) is 0 Å². The average molecular weight is 226 g/mol. The summed E-state index contributed by atoms with van der Waals surface area (Å²) in [4.78, 5) is 8.40. The first-order chi connectivity index (χ1) is 7.36. The maximum absolute atomic E-state index is 4.32. The zero-order chi connectivity index (χ0) is 10.9. The van der Waals surface area contributed by atoms with Gasteiger partial charge in [0.1, 0.15) is 11.6 Å². The molecule has 0 aromatic carbocycles. The monoisotopic (exact) mass is 226 g/mol. The van der Waals surface area contributed by atoms with Crippen LogP contribution in [0.15, 0.2) is 12.4 Å². The Kier molecular flexibility index (Phi) is 5.92. The molecular weight excluding hydrogens is 208 g/mol. The van der Waals surface area contributed by atoms with Crippen LogP contribution in [0.3, 0.4) is 0 Å². The Labute approximate surface area is 95.3 Å². The number of unbranched alkanes of at least 4 members (excludes halogenated alkanes) is 1. The van der Waals surface area contributed by atoms with Crippen LogP contribution in [-0.2, 0) is 0 Å². The Morgan fingerprint density at radius 3 is 2.80 bits per heavy atom. The summed E-state index contributed by atoms with van der Waals surface area (Å²) < 4.78 is 0. The molecule has 0 spiro atoms. The second-order valence-electron chi connectivity index (χ2n) is 3.17. The highest BCUT2D eigenvalue weighted by molar-refractivity contribution is 7.98. The van der Waals surface area contributed by atoms with Crippen LogP contribution in [0.25, 0.3) is 0 Å². The van der Waals surface area contributed by atoms with Gasteiger partial charge in [-0.1, -0.05) is 0 Å². The summed E-state index contributed by atoms with van der Waals surface area (Å²) in [7, 11) is 1.84. The van der Waals surface area contributed by atoms with Gasteiger partial charge in [-0.25, -0.2) is 4.98 Å². The Balaban J connectivity index is 2.24. The number of rotatable bonds is 7. The molecule has 0 unspecified atom stereocenters. The number of thioether (sulfide) groups is 1. The van der Waals surface area contributed by atoms with Crippen LogP contribution in [0.5, 0.6) is 0 Å². The second kappa shape index (κ2) is 7.34. The molecule has 0 amide bonds. The molecule has 0 saturated carbocycles. The Bertz CT molecular complexity index is 280. The quantitative estimate of drug-likeness (QED) is 0.697. The lowest BCUT2D eigenvalue weighted by atomic mass is 10.3. The minimum Gasteiger partial charge on any atom is -0.372 e. The summed E-state index contributed by atoms with van der Waals surface area (Å²) in [5, 5.41) is 6.22. The van der Waals surface area contributed by atoms with Gasteiger partial charge >= 0.3 is 0 Å². The van der Waals surface area contributed by atoms with E-state index in [0.717, 1.165) is 18.2 Å². The van der Waals surface area contributed by atoms with Crippen LogP contribution in [0.2, 0.25) is 0 Å². The number of nitrogens with one attached hydrogen (secondary N) is 2. The van der Waals surface area contributed by atoms with Crippen LogP contribution in [0.1, 0.15) is 12.8 Å². The van der Waals surface area contributed by atoms with Crippen LogP contribution in [0.4, 0.5) is 11.6 Å². The van der Waals surface area contributed by atoms with Crippen molar-refractivity contribution in [1.82, 2.24) is 9.97 Å². The van der Waals surface area contributed by atoms with Gasteiger partial charge in [-0.15, -0.1) is 0 Å². The zero-order valence-electron chi connectivity index (χ0n) is 9.29. The normalized spacial score (nSPS) is 10.0. The third-order valence-electron chi connectivity index (χ3n) is 1.97. The summed E-state index contributed by atoms with van der Waals surface area (Å²) in [5.41, 5.74) is 0. The van der Waals surface area contributed by atoms with Gasteiger partial charge in [-0.2, -0.15) is 11.8 Å². The van der Waals surface area contributed by atoms with Gasteiger partial charge in [0.25, 0.3) is 0 Å². The molecule has 1 aromatic rings. The van der Waals surface area contributed by atoms with Crippen molar-refractivity contribution in [3.63, 3.8) is 0 Å². The second-order valence-corrected chi connectivity index (χ2v) is 4.15.